The molecule has 10 heteroatoms. The topological polar surface area (TPSA) is 88.7 Å². The normalized spacial score (nSPS) is 31.3. The molecular formula is C35H58N6O4. The van der Waals surface area contributed by atoms with E-state index in [1.165, 1.54) is 38.5 Å². The van der Waals surface area contributed by atoms with E-state index in [0.29, 0.717) is 36.2 Å². The molecule has 3 amide bonds. The Balaban J connectivity index is 0.000000151. The Labute approximate surface area is 270 Å². The van der Waals surface area contributed by atoms with Crippen LogP contribution in [0.3, 0.4) is 0 Å². The molecule has 2 unspecified atom stereocenters. The van der Waals surface area contributed by atoms with E-state index in [-0.39, 0.29) is 17.4 Å². The van der Waals surface area contributed by atoms with Crippen molar-refractivity contribution in [2.24, 2.45) is 22.7 Å². The van der Waals surface area contributed by atoms with Crippen molar-refractivity contribution >= 4 is 17.9 Å². The maximum absolute atomic E-state index is 12.9. The van der Waals surface area contributed by atoms with E-state index in [9.17, 15) is 14.4 Å². The van der Waals surface area contributed by atoms with Crippen molar-refractivity contribution in [1.82, 2.24) is 29.8 Å². The zero-order valence-corrected chi connectivity index (χ0v) is 28.2. The third kappa shape index (κ3) is 7.18. The lowest BCUT2D eigenvalue weighted by Crippen LogP contribution is -2.50. The summed E-state index contributed by atoms with van der Waals surface area (Å²) >= 11 is 0. The second-order valence-corrected chi connectivity index (χ2v) is 16.6. The first-order valence-corrected chi connectivity index (χ1v) is 18.3. The van der Waals surface area contributed by atoms with Crippen LogP contribution in [0, 0.1) is 22.7 Å². The van der Waals surface area contributed by atoms with E-state index in [1.807, 2.05) is 25.7 Å². The second-order valence-electron chi connectivity index (χ2n) is 16.6. The second kappa shape index (κ2) is 12.3. The predicted octanol–water partition coefficient (Wildman–Crippen LogP) is 3.01. The fourth-order valence-electron chi connectivity index (χ4n) is 8.82. The van der Waals surface area contributed by atoms with Crippen LogP contribution < -0.4 is 5.32 Å². The third-order valence-electron chi connectivity index (χ3n) is 12.4. The first kappa shape index (κ1) is 31.7. The van der Waals surface area contributed by atoms with Gasteiger partial charge in [-0.3, -0.25) is 19.4 Å². The van der Waals surface area contributed by atoms with Crippen LogP contribution in [0.1, 0.15) is 85.0 Å². The molecule has 4 saturated heterocycles. The Morgan fingerprint density at radius 2 is 1.02 bits per heavy atom. The molecule has 0 aromatic carbocycles. The van der Waals surface area contributed by atoms with Gasteiger partial charge in [0.1, 0.15) is 5.60 Å². The molecule has 2 atom stereocenters. The van der Waals surface area contributed by atoms with Gasteiger partial charge in [-0.15, -0.1) is 0 Å². The van der Waals surface area contributed by atoms with Crippen LogP contribution in [-0.2, 0) is 14.3 Å². The standard InChI is InChI=1S/C20H33N3O3.C15H25N3O/c1-19(2,3)26-18(25)23-8-6-20(7-9-23)14-16(20)17(24)22-12-10-21(11-13-22)15-4-5-15;19-14(13-11-15(13)3-5-16-6-4-15)18-9-7-17(8-10-18)12-1-2-12/h15-16H,4-14H2,1-3H3;12-13,16H,1-11H2. The van der Waals surface area contributed by atoms with Gasteiger partial charge in [0.15, 0.2) is 0 Å². The van der Waals surface area contributed by atoms with Gasteiger partial charge in [-0.25, -0.2) is 4.79 Å². The van der Waals surface area contributed by atoms with Gasteiger partial charge < -0.3 is 24.8 Å². The minimum absolute atomic E-state index is 0.156. The summed E-state index contributed by atoms with van der Waals surface area (Å²) < 4.78 is 5.48. The van der Waals surface area contributed by atoms with Gasteiger partial charge >= 0.3 is 6.09 Å². The molecule has 0 aromatic rings. The van der Waals surface area contributed by atoms with Crippen LogP contribution in [0.15, 0.2) is 0 Å². The molecular weight excluding hydrogens is 568 g/mol. The van der Waals surface area contributed by atoms with Gasteiger partial charge in [-0.1, -0.05) is 0 Å². The number of carbonyl (C=O) groups is 3. The van der Waals surface area contributed by atoms with Gasteiger partial charge in [0.25, 0.3) is 0 Å². The summed E-state index contributed by atoms with van der Waals surface area (Å²) in [6.45, 7) is 17.4. The molecule has 45 heavy (non-hydrogen) atoms. The lowest BCUT2D eigenvalue weighted by molar-refractivity contribution is -0.136. The summed E-state index contributed by atoms with van der Waals surface area (Å²) in [6.07, 6.45) is 11.7. The van der Waals surface area contributed by atoms with Crippen LogP contribution in [0.5, 0.6) is 0 Å². The number of likely N-dealkylation sites (tertiary alicyclic amines) is 1. The van der Waals surface area contributed by atoms with E-state index >= 15 is 0 Å². The number of nitrogens with zero attached hydrogens (tertiary/aromatic N) is 5. The summed E-state index contributed by atoms with van der Waals surface area (Å²) in [6, 6.07) is 1.66. The number of nitrogens with one attached hydrogen (secondary N) is 1. The molecule has 4 aliphatic carbocycles. The smallest absolute Gasteiger partial charge is 0.410 e. The molecule has 2 spiro atoms. The van der Waals surface area contributed by atoms with Crippen LogP contribution >= 0.6 is 0 Å². The molecule has 8 rings (SSSR count). The number of piperidine rings is 2. The van der Waals surface area contributed by atoms with Crippen LogP contribution in [0.25, 0.3) is 0 Å². The van der Waals surface area contributed by atoms with Crippen molar-refractivity contribution in [2.75, 3.05) is 78.5 Å². The quantitative estimate of drug-likeness (QED) is 0.514. The Bertz CT molecular complexity index is 1100. The number of carbonyl (C=O) groups excluding carboxylic acids is 3. The molecule has 8 aliphatic rings. The minimum atomic E-state index is -0.451. The monoisotopic (exact) mass is 626 g/mol. The first-order chi connectivity index (χ1) is 21.6. The molecule has 0 bridgehead atoms. The van der Waals surface area contributed by atoms with Crippen molar-refractivity contribution in [2.45, 2.75) is 103 Å². The Kier molecular flexibility index (Phi) is 8.64. The van der Waals surface area contributed by atoms with Crippen molar-refractivity contribution < 1.29 is 19.1 Å². The maximum Gasteiger partial charge on any atom is 0.410 e. The highest BCUT2D eigenvalue weighted by atomic mass is 16.6. The number of piperazine rings is 2. The third-order valence-corrected chi connectivity index (χ3v) is 12.4. The number of ether oxygens (including phenoxy) is 1. The fourth-order valence-corrected chi connectivity index (χ4v) is 8.82. The van der Waals surface area contributed by atoms with E-state index in [2.05, 4.69) is 24.9 Å². The fraction of sp³-hybridized carbons (Fsp3) is 0.914. The molecule has 252 valence electrons. The summed E-state index contributed by atoms with van der Waals surface area (Å²) in [5, 5.41) is 3.41. The van der Waals surface area contributed by atoms with Gasteiger partial charge in [-0.05, 0) is 109 Å². The highest BCUT2D eigenvalue weighted by Crippen LogP contribution is 2.60. The van der Waals surface area contributed by atoms with E-state index in [1.54, 1.807) is 0 Å². The summed E-state index contributed by atoms with van der Waals surface area (Å²) in [7, 11) is 0. The average molecular weight is 627 g/mol. The lowest BCUT2D eigenvalue weighted by Gasteiger charge is -2.37. The Morgan fingerprint density at radius 1 is 0.600 bits per heavy atom. The van der Waals surface area contributed by atoms with Crippen molar-refractivity contribution in [1.29, 1.82) is 0 Å². The maximum atomic E-state index is 12.9. The minimum Gasteiger partial charge on any atom is -0.444 e. The lowest BCUT2D eigenvalue weighted by atomic mass is 9.90. The molecule has 10 nitrogen and oxygen atoms in total. The van der Waals surface area contributed by atoms with Gasteiger partial charge in [-0.2, -0.15) is 0 Å². The van der Waals surface area contributed by atoms with Crippen LogP contribution in [0.2, 0.25) is 0 Å². The highest BCUT2D eigenvalue weighted by Gasteiger charge is 2.60. The van der Waals surface area contributed by atoms with Crippen molar-refractivity contribution in [3.8, 4) is 0 Å². The van der Waals surface area contributed by atoms with Crippen molar-refractivity contribution in [3.05, 3.63) is 0 Å². The number of amides is 3. The molecule has 8 fully saturated rings. The number of hydrogen-bond donors (Lipinski definition) is 1. The summed E-state index contributed by atoms with van der Waals surface area (Å²) in [5.74, 6) is 1.39. The molecule has 0 radical (unpaired) electrons. The van der Waals surface area contributed by atoms with E-state index in [0.717, 1.165) is 103 Å². The van der Waals surface area contributed by atoms with E-state index < -0.39 is 5.60 Å². The van der Waals surface area contributed by atoms with Crippen LogP contribution in [-0.4, -0.2) is 139 Å². The summed E-state index contributed by atoms with van der Waals surface area (Å²) in [5.41, 5.74) is 0.103. The zero-order valence-electron chi connectivity index (χ0n) is 28.2. The highest BCUT2D eigenvalue weighted by molar-refractivity contribution is 5.83. The Hall–Kier alpha value is -1.91. The first-order valence-electron chi connectivity index (χ1n) is 18.3. The Morgan fingerprint density at radius 3 is 1.42 bits per heavy atom. The average Bonchev–Trinajstić information content (AvgIpc) is 3.85. The molecule has 1 N–H and O–H groups in total. The van der Waals surface area contributed by atoms with Gasteiger partial charge in [0.2, 0.25) is 11.8 Å². The van der Waals surface area contributed by atoms with Crippen LogP contribution in [0.4, 0.5) is 4.79 Å². The van der Waals surface area contributed by atoms with Crippen molar-refractivity contribution in [3.63, 3.8) is 0 Å². The largest absolute Gasteiger partial charge is 0.444 e. The van der Waals surface area contributed by atoms with Gasteiger partial charge in [0.05, 0.1) is 0 Å². The molecule has 4 heterocycles. The zero-order chi connectivity index (χ0) is 31.4. The number of hydrogen-bond acceptors (Lipinski definition) is 7. The SMILES string of the molecule is CC(C)(C)OC(=O)N1CCC2(CC1)CC2C(=O)N1CCN(C2CC2)CC1.O=C(C1CC12CCNCC2)N1CCN(C2CC2)CC1. The van der Waals surface area contributed by atoms with Gasteiger partial charge in [0, 0.05) is 89.4 Å². The molecule has 4 aliphatic heterocycles. The number of rotatable bonds is 4. The summed E-state index contributed by atoms with van der Waals surface area (Å²) in [4.78, 5) is 49.0. The van der Waals surface area contributed by atoms with E-state index in [4.69, 9.17) is 4.74 Å². The molecule has 4 saturated carbocycles. The predicted molar refractivity (Wildman–Crippen MR) is 173 cm³/mol. The molecule has 0 aromatic heterocycles.